The second-order valence-corrected chi connectivity index (χ2v) is 7.26. The molecule has 150 valence electrons. The Bertz CT molecular complexity index is 631. The zero-order valence-electron chi connectivity index (χ0n) is 17.4. The zero-order chi connectivity index (χ0) is 20.6. The molecule has 1 aromatic carbocycles. The van der Waals surface area contributed by atoms with Gasteiger partial charge in [0.15, 0.2) is 0 Å². The number of nitrogens with one attached hydrogen (secondary N) is 1. The summed E-state index contributed by atoms with van der Waals surface area (Å²) in [6, 6.07) is 8.74. The molecule has 6 nitrogen and oxygen atoms in total. The SMILES string of the molecule is CCC(=O)N[C@H](C(=O)N(C)[C@@H](C)C(=O)N(C)CCc1ccccc1)C(C)C. The number of nitrogens with zero attached hydrogens (tertiary/aromatic N) is 2. The molecule has 0 aliphatic carbocycles. The second-order valence-electron chi connectivity index (χ2n) is 7.26. The van der Waals surface area contributed by atoms with Crippen molar-refractivity contribution in [2.24, 2.45) is 5.92 Å². The van der Waals surface area contributed by atoms with E-state index in [1.807, 2.05) is 44.2 Å². The Morgan fingerprint density at radius 3 is 2.11 bits per heavy atom. The lowest BCUT2D eigenvalue weighted by molar-refractivity contribution is -0.145. The molecule has 1 aromatic rings. The fourth-order valence-electron chi connectivity index (χ4n) is 2.74. The monoisotopic (exact) mass is 375 g/mol. The predicted octanol–water partition coefficient (Wildman–Crippen LogP) is 2.09. The molecule has 0 saturated carbocycles. The van der Waals surface area contributed by atoms with Crippen LogP contribution in [0, 0.1) is 5.92 Å². The first-order valence-corrected chi connectivity index (χ1v) is 9.53. The van der Waals surface area contributed by atoms with Crippen LogP contribution in [-0.2, 0) is 20.8 Å². The molecule has 2 atom stereocenters. The van der Waals surface area contributed by atoms with Gasteiger partial charge in [-0.25, -0.2) is 0 Å². The molecular weight excluding hydrogens is 342 g/mol. The fraction of sp³-hybridized carbons (Fsp3) is 0.571. The van der Waals surface area contributed by atoms with Crippen molar-refractivity contribution in [1.82, 2.24) is 15.1 Å². The van der Waals surface area contributed by atoms with Gasteiger partial charge in [0, 0.05) is 27.1 Å². The molecule has 3 amide bonds. The van der Waals surface area contributed by atoms with Crippen LogP contribution in [-0.4, -0.2) is 60.2 Å². The second kappa shape index (κ2) is 10.7. The topological polar surface area (TPSA) is 69.7 Å². The van der Waals surface area contributed by atoms with Gasteiger partial charge in [0.2, 0.25) is 17.7 Å². The van der Waals surface area contributed by atoms with Crippen molar-refractivity contribution in [3.8, 4) is 0 Å². The Balaban J connectivity index is 2.70. The Labute approximate surface area is 162 Å². The first kappa shape index (κ1) is 22.7. The highest BCUT2D eigenvalue weighted by Crippen LogP contribution is 2.10. The Hall–Kier alpha value is -2.37. The van der Waals surface area contributed by atoms with E-state index in [4.69, 9.17) is 0 Å². The van der Waals surface area contributed by atoms with Crippen molar-refractivity contribution in [1.29, 1.82) is 0 Å². The van der Waals surface area contributed by atoms with Crippen LogP contribution in [0.2, 0.25) is 0 Å². The molecule has 0 bridgehead atoms. The molecule has 0 heterocycles. The van der Waals surface area contributed by atoms with Crippen molar-refractivity contribution in [3.63, 3.8) is 0 Å². The van der Waals surface area contributed by atoms with E-state index in [1.165, 1.54) is 4.90 Å². The van der Waals surface area contributed by atoms with Gasteiger partial charge in [-0.2, -0.15) is 0 Å². The van der Waals surface area contributed by atoms with Gasteiger partial charge in [0.25, 0.3) is 0 Å². The van der Waals surface area contributed by atoms with Crippen LogP contribution in [0.3, 0.4) is 0 Å². The lowest BCUT2D eigenvalue weighted by Crippen LogP contribution is -2.55. The number of carbonyl (C=O) groups excluding carboxylic acids is 3. The lowest BCUT2D eigenvalue weighted by atomic mass is 10.0. The van der Waals surface area contributed by atoms with Crippen molar-refractivity contribution < 1.29 is 14.4 Å². The van der Waals surface area contributed by atoms with Crippen molar-refractivity contribution in [3.05, 3.63) is 35.9 Å². The number of hydrogen-bond acceptors (Lipinski definition) is 3. The molecule has 0 spiro atoms. The van der Waals surface area contributed by atoms with E-state index in [2.05, 4.69) is 5.32 Å². The largest absolute Gasteiger partial charge is 0.344 e. The molecule has 0 aliphatic heterocycles. The number of benzene rings is 1. The standard InChI is InChI=1S/C21H33N3O3/c1-7-18(25)22-19(15(2)3)21(27)24(6)16(4)20(26)23(5)14-13-17-11-9-8-10-12-17/h8-12,15-16,19H,7,13-14H2,1-6H3,(H,22,25)/t16-,19-/m0/s1. The molecule has 0 radical (unpaired) electrons. The van der Waals surface area contributed by atoms with E-state index in [0.717, 1.165) is 12.0 Å². The average molecular weight is 376 g/mol. The Kier molecular flexibility index (Phi) is 8.98. The Morgan fingerprint density at radius 2 is 1.59 bits per heavy atom. The summed E-state index contributed by atoms with van der Waals surface area (Å²) in [5.74, 6) is -0.599. The summed E-state index contributed by atoms with van der Waals surface area (Å²) in [5, 5.41) is 2.76. The average Bonchev–Trinajstić information content (AvgIpc) is 2.68. The maximum absolute atomic E-state index is 12.8. The van der Waals surface area contributed by atoms with Gasteiger partial charge >= 0.3 is 0 Å². The number of rotatable bonds is 9. The number of hydrogen-bond donors (Lipinski definition) is 1. The van der Waals surface area contributed by atoms with Crippen molar-refractivity contribution in [2.75, 3.05) is 20.6 Å². The fourth-order valence-corrected chi connectivity index (χ4v) is 2.74. The molecule has 1 rings (SSSR count). The molecule has 6 heteroatoms. The number of carbonyl (C=O) groups is 3. The molecule has 0 saturated heterocycles. The van der Waals surface area contributed by atoms with Gasteiger partial charge in [-0.1, -0.05) is 51.1 Å². The number of amides is 3. The first-order valence-electron chi connectivity index (χ1n) is 9.53. The molecule has 1 N–H and O–H groups in total. The van der Waals surface area contributed by atoms with E-state index in [1.54, 1.807) is 32.8 Å². The third kappa shape index (κ3) is 6.70. The van der Waals surface area contributed by atoms with Crippen LogP contribution in [0.1, 0.15) is 39.7 Å². The van der Waals surface area contributed by atoms with Crippen LogP contribution >= 0.6 is 0 Å². The summed E-state index contributed by atoms with van der Waals surface area (Å²) in [4.78, 5) is 40.4. The van der Waals surface area contributed by atoms with Crippen LogP contribution in [0.4, 0.5) is 0 Å². The summed E-state index contributed by atoms with van der Waals surface area (Å²) in [5.41, 5.74) is 1.16. The van der Waals surface area contributed by atoms with Crippen LogP contribution in [0.15, 0.2) is 30.3 Å². The molecule has 0 aliphatic rings. The summed E-state index contributed by atoms with van der Waals surface area (Å²) in [7, 11) is 3.36. The molecule has 0 fully saturated rings. The third-order valence-corrected chi connectivity index (χ3v) is 4.81. The summed E-state index contributed by atoms with van der Waals surface area (Å²) >= 11 is 0. The van der Waals surface area contributed by atoms with Gasteiger partial charge < -0.3 is 15.1 Å². The summed E-state index contributed by atoms with van der Waals surface area (Å²) < 4.78 is 0. The maximum atomic E-state index is 12.8. The van der Waals surface area contributed by atoms with E-state index < -0.39 is 12.1 Å². The van der Waals surface area contributed by atoms with E-state index in [9.17, 15) is 14.4 Å². The van der Waals surface area contributed by atoms with Gasteiger partial charge in [-0.3, -0.25) is 14.4 Å². The number of likely N-dealkylation sites (N-methyl/N-ethyl adjacent to an activating group) is 2. The first-order chi connectivity index (χ1) is 12.7. The third-order valence-electron chi connectivity index (χ3n) is 4.81. The Morgan fingerprint density at radius 1 is 1.00 bits per heavy atom. The van der Waals surface area contributed by atoms with E-state index in [-0.39, 0.29) is 23.6 Å². The van der Waals surface area contributed by atoms with Gasteiger partial charge in [0.05, 0.1) is 0 Å². The normalized spacial score (nSPS) is 13.0. The molecular formula is C21H33N3O3. The molecule has 0 aromatic heterocycles. The minimum atomic E-state index is -0.632. The summed E-state index contributed by atoms with van der Waals surface area (Å²) in [6.07, 6.45) is 1.07. The highest BCUT2D eigenvalue weighted by Gasteiger charge is 2.32. The minimum Gasteiger partial charge on any atom is -0.344 e. The van der Waals surface area contributed by atoms with Crippen molar-refractivity contribution in [2.45, 2.75) is 52.6 Å². The van der Waals surface area contributed by atoms with Crippen molar-refractivity contribution >= 4 is 17.7 Å². The van der Waals surface area contributed by atoms with Crippen LogP contribution < -0.4 is 5.32 Å². The quantitative estimate of drug-likeness (QED) is 0.718. The van der Waals surface area contributed by atoms with Gasteiger partial charge in [0.1, 0.15) is 12.1 Å². The lowest BCUT2D eigenvalue weighted by Gasteiger charge is -2.32. The smallest absolute Gasteiger partial charge is 0.245 e. The summed E-state index contributed by atoms with van der Waals surface area (Å²) in [6.45, 7) is 7.80. The van der Waals surface area contributed by atoms with Gasteiger partial charge in [-0.15, -0.1) is 0 Å². The van der Waals surface area contributed by atoms with E-state index in [0.29, 0.717) is 13.0 Å². The minimum absolute atomic E-state index is 0.0615. The highest BCUT2D eigenvalue weighted by atomic mass is 16.2. The molecule has 27 heavy (non-hydrogen) atoms. The molecule has 0 unspecified atom stereocenters. The van der Waals surface area contributed by atoms with Crippen LogP contribution in [0.25, 0.3) is 0 Å². The van der Waals surface area contributed by atoms with Crippen LogP contribution in [0.5, 0.6) is 0 Å². The highest BCUT2D eigenvalue weighted by molar-refractivity contribution is 5.91. The van der Waals surface area contributed by atoms with Gasteiger partial charge in [-0.05, 0) is 24.8 Å². The predicted molar refractivity (Wildman–Crippen MR) is 107 cm³/mol. The van der Waals surface area contributed by atoms with E-state index >= 15 is 0 Å². The zero-order valence-corrected chi connectivity index (χ0v) is 17.4. The maximum Gasteiger partial charge on any atom is 0.245 e.